The lowest BCUT2D eigenvalue weighted by atomic mass is 10.3. The van der Waals surface area contributed by atoms with Crippen LogP contribution in [0, 0.1) is 10.1 Å². The Hall–Kier alpha value is -2.38. The van der Waals surface area contributed by atoms with E-state index in [2.05, 4.69) is 20.3 Å². The molecule has 0 unspecified atom stereocenters. The third kappa shape index (κ3) is 2.65. The molecule has 0 amide bonds. The molecule has 0 aliphatic carbocycles. The van der Waals surface area contributed by atoms with Gasteiger partial charge in [0.1, 0.15) is 5.82 Å². The molecule has 8 nitrogen and oxygen atoms in total. The Morgan fingerprint density at radius 3 is 3.06 bits per heavy atom. The molecule has 0 atom stereocenters. The molecule has 18 heavy (non-hydrogen) atoms. The van der Waals surface area contributed by atoms with Gasteiger partial charge in [0.25, 0.3) is 0 Å². The lowest BCUT2D eigenvalue weighted by Crippen LogP contribution is -2.08. The summed E-state index contributed by atoms with van der Waals surface area (Å²) in [6, 6.07) is 0. The van der Waals surface area contributed by atoms with Crippen molar-refractivity contribution in [3.8, 4) is 0 Å². The second kappa shape index (κ2) is 5.30. The summed E-state index contributed by atoms with van der Waals surface area (Å²) in [6.45, 7) is 0.626. The molecule has 2 N–H and O–H groups in total. The van der Waals surface area contributed by atoms with Crippen LogP contribution in [0.2, 0.25) is 0 Å². The Kier molecular flexibility index (Phi) is 3.56. The van der Waals surface area contributed by atoms with Crippen LogP contribution in [0.1, 0.15) is 12.2 Å². The number of hydrogen-bond donors (Lipinski definition) is 2. The second-order valence-corrected chi connectivity index (χ2v) is 3.85. The van der Waals surface area contributed by atoms with E-state index in [1.807, 2.05) is 0 Å². The SMILES string of the molecule is Cn1cnc([N+](=O)[O-])c1NCCCc1ncc[nH]1. The fourth-order valence-electron chi connectivity index (χ4n) is 1.65. The van der Waals surface area contributed by atoms with E-state index < -0.39 is 4.92 Å². The Morgan fingerprint density at radius 2 is 2.39 bits per heavy atom. The van der Waals surface area contributed by atoms with E-state index in [4.69, 9.17) is 0 Å². The number of nitro groups is 1. The van der Waals surface area contributed by atoms with Gasteiger partial charge < -0.3 is 20.4 Å². The number of nitrogens with one attached hydrogen (secondary N) is 2. The fraction of sp³-hybridized carbons (Fsp3) is 0.400. The van der Waals surface area contributed by atoms with Gasteiger partial charge in [-0.1, -0.05) is 0 Å². The zero-order valence-electron chi connectivity index (χ0n) is 9.96. The number of aryl methyl sites for hydroxylation is 2. The van der Waals surface area contributed by atoms with Crippen LogP contribution in [0.4, 0.5) is 11.6 Å². The molecule has 0 radical (unpaired) electrons. The van der Waals surface area contributed by atoms with E-state index >= 15 is 0 Å². The van der Waals surface area contributed by atoms with Gasteiger partial charge in [-0.25, -0.2) is 4.98 Å². The first-order valence-electron chi connectivity index (χ1n) is 5.56. The maximum atomic E-state index is 10.7. The summed E-state index contributed by atoms with van der Waals surface area (Å²) in [5.41, 5.74) is 0. The monoisotopic (exact) mass is 250 g/mol. The van der Waals surface area contributed by atoms with Crippen LogP contribution in [0.5, 0.6) is 0 Å². The average Bonchev–Trinajstić information content (AvgIpc) is 2.94. The lowest BCUT2D eigenvalue weighted by molar-refractivity contribution is -0.388. The van der Waals surface area contributed by atoms with E-state index in [0.29, 0.717) is 12.4 Å². The van der Waals surface area contributed by atoms with Crippen molar-refractivity contribution in [1.82, 2.24) is 19.5 Å². The standard InChI is InChI=1S/C10H14N6O2/c1-15-7-14-10(16(17)18)9(15)13-4-2-3-8-11-5-6-12-8/h5-7,13H,2-4H2,1H3,(H,11,12). The quantitative estimate of drug-likeness (QED) is 0.454. The van der Waals surface area contributed by atoms with Crippen molar-refractivity contribution in [2.45, 2.75) is 12.8 Å². The number of nitrogens with zero attached hydrogens (tertiary/aromatic N) is 4. The number of anilines is 1. The highest BCUT2D eigenvalue weighted by atomic mass is 16.6. The zero-order chi connectivity index (χ0) is 13.0. The third-order valence-electron chi connectivity index (χ3n) is 2.53. The molecule has 2 heterocycles. The summed E-state index contributed by atoms with van der Waals surface area (Å²) in [7, 11) is 1.72. The van der Waals surface area contributed by atoms with Crippen LogP contribution >= 0.6 is 0 Å². The highest BCUT2D eigenvalue weighted by Gasteiger charge is 2.19. The van der Waals surface area contributed by atoms with Gasteiger partial charge in [-0.15, -0.1) is 0 Å². The van der Waals surface area contributed by atoms with E-state index in [9.17, 15) is 10.1 Å². The van der Waals surface area contributed by atoms with Crippen molar-refractivity contribution < 1.29 is 4.92 Å². The minimum Gasteiger partial charge on any atom is -0.364 e. The molecule has 0 aromatic carbocycles. The average molecular weight is 250 g/mol. The summed E-state index contributed by atoms with van der Waals surface area (Å²) in [5, 5.41) is 13.8. The summed E-state index contributed by atoms with van der Waals surface area (Å²) in [6.07, 6.45) is 6.53. The second-order valence-electron chi connectivity index (χ2n) is 3.85. The van der Waals surface area contributed by atoms with Crippen molar-refractivity contribution in [3.05, 3.63) is 34.7 Å². The molecule has 2 aromatic heterocycles. The molecule has 96 valence electrons. The Morgan fingerprint density at radius 1 is 1.56 bits per heavy atom. The minimum absolute atomic E-state index is 0.143. The maximum absolute atomic E-state index is 10.7. The summed E-state index contributed by atoms with van der Waals surface area (Å²) in [4.78, 5) is 21.1. The molecule has 0 saturated heterocycles. The van der Waals surface area contributed by atoms with Gasteiger partial charge in [0.15, 0.2) is 0 Å². The van der Waals surface area contributed by atoms with Crippen LogP contribution in [0.15, 0.2) is 18.7 Å². The number of rotatable bonds is 6. The zero-order valence-corrected chi connectivity index (χ0v) is 9.96. The number of hydrogen-bond acceptors (Lipinski definition) is 5. The van der Waals surface area contributed by atoms with Gasteiger partial charge >= 0.3 is 5.82 Å². The summed E-state index contributed by atoms with van der Waals surface area (Å²) in [5.74, 6) is 1.20. The van der Waals surface area contributed by atoms with Gasteiger partial charge in [0, 0.05) is 32.4 Å². The van der Waals surface area contributed by atoms with E-state index in [1.54, 1.807) is 24.0 Å². The normalized spacial score (nSPS) is 10.5. The topological polar surface area (TPSA) is 102 Å². The van der Waals surface area contributed by atoms with Gasteiger partial charge in [-0.05, 0) is 16.3 Å². The summed E-state index contributed by atoms with van der Waals surface area (Å²) >= 11 is 0. The first-order chi connectivity index (χ1) is 8.68. The number of imidazole rings is 2. The Labute approximate surface area is 103 Å². The first-order valence-corrected chi connectivity index (χ1v) is 5.56. The molecule has 0 aliphatic rings. The van der Waals surface area contributed by atoms with Crippen LogP contribution in [-0.2, 0) is 13.5 Å². The number of aromatic amines is 1. The maximum Gasteiger partial charge on any atom is 0.406 e. The van der Waals surface area contributed by atoms with Crippen LogP contribution in [-0.4, -0.2) is 31.0 Å². The van der Waals surface area contributed by atoms with Gasteiger partial charge in [-0.2, -0.15) is 0 Å². The van der Waals surface area contributed by atoms with Gasteiger partial charge in [-0.3, -0.25) is 4.57 Å². The molecule has 2 aromatic rings. The van der Waals surface area contributed by atoms with E-state index in [-0.39, 0.29) is 5.82 Å². The van der Waals surface area contributed by atoms with Crippen molar-refractivity contribution in [2.24, 2.45) is 7.05 Å². The van der Waals surface area contributed by atoms with Gasteiger partial charge in [0.2, 0.25) is 12.1 Å². The predicted octanol–water partition coefficient (Wildman–Crippen LogP) is 1.10. The molecule has 0 saturated carbocycles. The Balaban J connectivity index is 1.86. The lowest BCUT2D eigenvalue weighted by Gasteiger charge is -2.05. The van der Waals surface area contributed by atoms with Crippen molar-refractivity contribution >= 4 is 11.6 Å². The van der Waals surface area contributed by atoms with Gasteiger partial charge in [0.05, 0.1) is 0 Å². The summed E-state index contributed by atoms with van der Waals surface area (Å²) < 4.78 is 1.60. The van der Waals surface area contributed by atoms with Crippen molar-refractivity contribution in [1.29, 1.82) is 0 Å². The molecule has 0 fully saturated rings. The van der Waals surface area contributed by atoms with Crippen molar-refractivity contribution in [2.75, 3.05) is 11.9 Å². The largest absolute Gasteiger partial charge is 0.406 e. The van der Waals surface area contributed by atoms with Crippen LogP contribution in [0.25, 0.3) is 0 Å². The van der Waals surface area contributed by atoms with E-state index in [0.717, 1.165) is 18.7 Å². The third-order valence-corrected chi connectivity index (χ3v) is 2.53. The molecule has 0 aliphatic heterocycles. The van der Waals surface area contributed by atoms with Crippen LogP contribution in [0.3, 0.4) is 0 Å². The van der Waals surface area contributed by atoms with Crippen LogP contribution < -0.4 is 5.32 Å². The molecule has 0 spiro atoms. The molecular weight excluding hydrogens is 236 g/mol. The molecule has 0 bridgehead atoms. The fourth-order valence-corrected chi connectivity index (χ4v) is 1.65. The van der Waals surface area contributed by atoms with Crippen molar-refractivity contribution in [3.63, 3.8) is 0 Å². The number of aromatic nitrogens is 4. The predicted molar refractivity (Wildman–Crippen MR) is 65.3 cm³/mol. The highest BCUT2D eigenvalue weighted by molar-refractivity contribution is 5.51. The molecule has 2 rings (SSSR count). The first kappa shape index (κ1) is 12.1. The smallest absolute Gasteiger partial charge is 0.364 e. The molecular formula is C10H14N6O2. The number of H-pyrrole nitrogens is 1. The Bertz CT molecular complexity index is 518. The van der Waals surface area contributed by atoms with E-state index in [1.165, 1.54) is 6.33 Å². The molecule has 8 heteroatoms. The highest BCUT2D eigenvalue weighted by Crippen LogP contribution is 2.20. The minimum atomic E-state index is -0.491.